The van der Waals surface area contributed by atoms with E-state index in [9.17, 15) is 9.90 Å². The molecule has 32 heavy (non-hydrogen) atoms. The number of carbonyl (C=O) groups is 1. The van der Waals surface area contributed by atoms with Crippen molar-refractivity contribution in [2.75, 3.05) is 0 Å². The number of rotatable bonds is 8. The summed E-state index contributed by atoms with van der Waals surface area (Å²) in [5.74, 6) is 0.302. The molecule has 0 aliphatic heterocycles. The van der Waals surface area contributed by atoms with Crippen LogP contribution in [-0.2, 0) is 20.0 Å². The van der Waals surface area contributed by atoms with Gasteiger partial charge in [0.15, 0.2) is 16.7 Å². The number of unbranched alkanes of at least 4 members (excludes halogenated alkanes) is 1. The van der Waals surface area contributed by atoms with Crippen molar-refractivity contribution < 1.29 is 9.90 Å². The highest BCUT2D eigenvalue weighted by Crippen LogP contribution is 2.30. The van der Waals surface area contributed by atoms with Gasteiger partial charge in [0.2, 0.25) is 0 Å². The standard InChI is InChI=1S/C23H23ClN6O2/c1-3-4-9-19-25-21(24)20(23(31)32)30(19)14-15-10-12-16(13-11-15)17-7-5-6-8-18(17)22-26-27-28-29(22)2/h5-8,10-13H,3-4,9,14H2,1-2H3,(H,31,32). The first-order chi connectivity index (χ1) is 15.5. The highest BCUT2D eigenvalue weighted by Gasteiger charge is 2.21. The van der Waals surface area contributed by atoms with E-state index in [1.807, 2.05) is 55.6 Å². The molecule has 9 heteroatoms. The van der Waals surface area contributed by atoms with Crippen LogP contribution >= 0.6 is 11.6 Å². The van der Waals surface area contributed by atoms with Gasteiger partial charge in [0, 0.05) is 25.6 Å². The molecule has 0 aliphatic carbocycles. The van der Waals surface area contributed by atoms with E-state index < -0.39 is 5.97 Å². The van der Waals surface area contributed by atoms with Crippen LogP contribution in [0.15, 0.2) is 48.5 Å². The van der Waals surface area contributed by atoms with Crippen molar-refractivity contribution in [1.29, 1.82) is 0 Å². The quantitative estimate of drug-likeness (QED) is 0.425. The van der Waals surface area contributed by atoms with E-state index in [2.05, 4.69) is 27.4 Å². The zero-order chi connectivity index (χ0) is 22.7. The van der Waals surface area contributed by atoms with Crippen molar-refractivity contribution in [3.63, 3.8) is 0 Å². The summed E-state index contributed by atoms with van der Waals surface area (Å²) in [4.78, 5) is 16.1. The van der Waals surface area contributed by atoms with Gasteiger partial charge < -0.3 is 9.67 Å². The molecule has 0 amide bonds. The number of aryl methyl sites for hydroxylation is 2. The molecule has 0 fully saturated rings. The summed E-state index contributed by atoms with van der Waals surface area (Å²) in [6.07, 6.45) is 2.59. The summed E-state index contributed by atoms with van der Waals surface area (Å²) < 4.78 is 3.34. The molecule has 2 heterocycles. The molecule has 0 saturated heterocycles. The molecule has 4 aromatic rings. The van der Waals surface area contributed by atoms with Crippen LogP contribution in [0.4, 0.5) is 0 Å². The van der Waals surface area contributed by atoms with Gasteiger partial charge in [-0.25, -0.2) is 14.5 Å². The molecule has 0 unspecified atom stereocenters. The summed E-state index contributed by atoms with van der Waals surface area (Å²) in [6.45, 7) is 2.47. The Morgan fingerprint density at radius 2 is 1.81 bits per heavy atom. The second-order valence-corrected chi connectivity index (χ2v) is 7.89. The van der Waals surface area contributed by atoms with E-state index in [1.54, 1.807) is 9.25 Å². The molecule has 0 spiro atoms. The number of tetrazole rings is 1. The van der Waals surface area contributed by atoms with Gasteiger partial charge in [-0.15, -0.1) is 5.10 Å². The first kappa shape index (κ1) is 21.7. The lowest BCUT2D eigenvalue weighted by Crippen LogP contribution is -2.13. The molecule has 0 bridgehead atoms. The fourth-order valence-electron chi connectivity index (χ4n) is 3.73. The van der Waals surface area contributed by atoms with Crippen LogP contribution < -0.4 is 0 Å². The van der Waals surface area contributed by atoms with Gasteiger partial charge in [0.25, 0.3) is 0 Å². The molecule has 8 nitrogen and oxygen atoms in total. The minimum absolute atomic E-state index is 0.0296. The van der Waals surface area contributed by atoms with Crippen LogP contribution in [0.5, 0.6) is 0 Å². The van der Waals surface area contributed by atoms with E-state index in [0.29, 0.717) is 24.6 Å². The SMILES string of the molecule is CCCCc1nc(Cl)c(C(=O)O)n1Cc1ccc(-c2ccccc2-c2nnnn2C)cc1. The van der Waals surface area contributed by atoms with E-state index in [4.69, 9.17) is 11.6 Å². The zero-order valence-electron chi connectivity index (χ0n) is 17.9. The number of aromatic carboxylic acids is 1. The van der Waals surface area contributed by atoms with Gasteiger partial charge in [0.05, 0.1) is 0 Å². The third kappa shape index (κ3) is 4.27. The lowest BCUT2D eigenvalue weighted by atomic mass is 9.98. The molecular formula is C23H23ClN6O2. The minimum atomic E-state index is -1.08. The Hall–Kier alpha value is -3.52. The Labute approximate surface area is 190 Å². The number of carboxylic acids is 1. The lowest BCUT2D eigenvalue weighted by Gasteiger charge is -2.12. The second kappa shape index (κ2) is 9.32. The maximum atomic E-state index is 11.8. The lowest BCUT2D eigenvalue weighted by molar-refractivity contribution is 0.0685. The average molecular weight is 451 g/mol. The smallest absolute Gasteiger partial charge is 0.355 e. The summed E-state index contributed by atoms with van der Waals surface area (Å²) in [5.41, 5.74) is 3.95. The van der Waals surface area contributed by atoms with Crippen molar-refractivity contribution in [3.8, 4) is 22.5 Å². The molecule has 0 radical (unpaired) electrons. The molecule has 2 aromatic carbocycles. The van der Waals surface area contributed by atoms with Crippen LogP contribution in [0.1, 0.15) is 41.6 Å². The summed E-state index contributed by atoms with van der Waals surface area (Å²) in [7, 11) is 1.81. The third-order valence-electron chi connectivity index (χ3n) is 5.35. The fourth-order valence-corrected chi connectivity index (χ4v) is 4.01. The Kier molecular flexibility index (Phi) is 6.32. The van der Waals surface area contributed by atoms with E-state index in [1.165, 1.54) is 0 Å². The van der Waals surface area contributed by atoms with Crippen molar-refractivity contribution in [2.24, 2.45) is 7.05 Å². The molecule has 1 N–H and O–H groups in total. The van der Waals surface area contributed by atoms with E-state index >= 15 is 0 Å². The fraction of sp³-hybridized carbons (Fsp3) is 0.261. The van der Waals surface area contributed by atoms with Crippen LogP contribution in [0, 0.1) is 0 Å². The minimum Gasteiger partial charge on any atom is -0.476 e. The number of aromatic nitrogens is 6. The van der Waals surface area contributed by atoms with E-state index in [-0.39, 0.29) is 10.8 Å². The molecule has 2 aromatic heterocycles. The van der Waals surface area contributed by atoms with Crippen LogP contribution in [-0.4, -0.2) is 40.8 Å². The van der Waals surface area contributed by atoms with Gasteiger partial charge >= 0.3 is 5.97 Å². The maximum absolute atomic E-state index is 11.8. The third-order valence-corrected chi connectivity index (χ3v) is 5.62. The molecule has 0 saturated carbocycles. The number of hydrogen-bond donors (Lipinski definition) is 1. The van der Waals surface area contributed by atoms with Gasteiger partial charge in [-0.2, -0.15) is 0 Å². The largest absolute Gasteiger partial charge is 0.476 e. The summed E-state index contributed by atoms with van der Waals surface area (Å²) in [6, 6.07) is 16.0. The van der Waals surface area contributed by atoms with Gasteiger partial charge in [-0.1, -0.05) is 73.5 Å². The molecular weight excluding hydrogens is 428 g/mol. The Balaban J connectivity index is 1.66. The van der Waals surface area contributed by atoms with Crippen LogP contribution in [0.3, 0.4) is 0 Å². The van der Waals surface area contributed by atoms with Gasteiger partial charge in [-0.05, 0) is 33.5 Å². The topological polar surface area (TPSA) is 98.7 Å². The number of hydrogen-bond acceptors (Lipinski definition) is 5. The average Bonchev–Trinajstić information content (AvgIpc) is 3.35. The Morgan fingerprint density at radius 1 is 1.09 bits per heavy atom. The van der Waals surface area contributed by atoms with Crippen molar-refractivity contribution >= 4 is 17.6 Å². The van der Waals surface area contributed by atoms with Crippen LogP contribution in [0.2, 0.25) is 5.15 Å². The van der Waals surface area contributed by atoms with E-state index in [0.717, 1.165) is 35.1 Å². The number of nitrogens with zero attached hydrogens (tertiary/aromatic N) is 6. The Bertz CT molecular complexity index is 1250. The van der Waals surface area contributed by atoms with Crippen molar-refractivity contribution in [3.05, 3.63) is 70.8 Å². The summed E-state index contributed by atoms with van der Waals surface area (Å²) >= 11 is 6.14. The number of benzene rings is 2. The zero-order valence-corrected chi connectivity index (χ0v) is 18.6. The van der Waals surface area contributed by atoms with Crippen LogP contribution in [0.25, 0.3) is 22.5 Å². The Morgan fingerprint density at radius 3 is 2.44 bits per heavy atom. The second-order valence-electron chi connectivity index (χ2n) is 7.53. The molecule has 164 valence electrons. The molecule has 0 aliphatic rings. The highest BCUT2D eigenvalue weighted by molar-refractivity contribution is 6.32. The molecule has 0 atom stereocenters. The first-order valence-electron chi connectivity index (χ1n) is 10.4. The number of halogens is 1. The first-order valence-corrected chi connectivity index (χ1v) is 10.8. The molecule has 4 rings (SSSR count). The van der Waals surface area contributed by atoms with Gasteiger partial charge in [0.1, 0.15) is 5.82 Å². The number of imidazole rings is 1. The van der Waals surface area contributed by atoms with Gasteiger partial charge in [-0.3, -0.25) is 0 Å². The van der Waals surface area contributed by atoms with Crippen molar-refractivity contribution in [2.45, 2.75) is 32.7 Å². The van der Waals surface area contributed by atoms with Crippen molar-refractivity contribution in [1.82, 2.24) is 29.8 Å². The maximum Gasteiger partial charge on any atom is 0.355 e. The normalized spacial score (nSPS) is 11.1. The number of carboxylic acid groups (broad SMARTS) is 1. The monoisotopic (exact) mass is 450 g/mol. The predicted octanol–water partition coefficient (Wildman–Crippen LogP) is 4.48. The summed E-state index contributed by atoms with van der Waals surface area (Å²) in [5, 5.41) is 21.5. The highest BCUT2D eigenvalue weighted by atomic mass is 35.5. The predicted molar refractivity (Wildman–Crippen MR) is 122 cm³/mol.